The van der Waals surface area contributed by atoms with Crippen molar-refractivity contribution in [3.05, 3.63) is 35.4 Å². The molecule has 0 bridgehead atoms. The fraction of sp³-hybridized carbons (Fsp3) is 0.667. The number of aryl methyl sites for hydroxylation is 1. The highest BCUT2D eigenvalue weighted by Crippen LogP contribution is 2.23. The zero-order valence-electron chi connectivity index (χ0n) is 14.1. The molecule has 2 atom stereocenters. The van der Waals surface area contributed by atoms with E-state index in [2.05, 4.69) is 67.4 Å². The topological polar surface area (TPSA) is 18.5 Å². The van der Waals surface area contributed by atoms with Gasteiger partial charge in [-0.15, -0.1) is 0 Å². The first-order valence-electron chi connectivity index (χ1n) is 8.30. The SMILES string of the molecule is CCCc1ccc(C(NC)C2CN(C)CCCN2C)cc1. The van der Waals surface area contributed by atoms with Crippen molar-refractivity contribution in [2.24, 2.45) is 0 Å². The van der Waals surface area contributed by atoms with Gasteiger partial charge in [-0.05, 0) is 58.2 Å². The van der Waals surface area contributed by atoms with Crippen LogP contribution in [0.4, 0.5) is 0 Å². The maximum Gasteiger partial charge on any atom is 0.0488 e. The van der Waals surface area contributed by atoms with Crippen LogP contribution in [0.2, 0.25) is 0 Å². The van der Waals surface area contributed by atoms with E-state index in [1.807, 2.05) is 0 Å². The van der Waals surface area contributed by atoms with E-state index in [9.17, 15) is 0 Å². The second kappa shape index (κ2) is 7.92. The number of rotatable bonds is 5. The molecule has 1 aliphatic rings. The summed E-state index contributed by atoms with van der Waals surface area (Å²) >= 11 is 0. The summed E-state index contributed by atoms with van der Waals surface area (Å²) in [4.78, 5) is 4.98. The number of nitrogens with zero attached hydrogens (tertiary/aromatic N) is 2. The van der Waals surface area contributed by atoms with Crippen molar-refractivity contribution in [1.29, 1.82) is 0 Å². The maximum absolute atomic E-state index is 3.55. The molecule has 1 aromatic carbocycles. The molecular weight excluding hydrogens is 258 g/mol. The van der Waals surface area contributed by atoms with Gasteiger partial charge in [-0.25, -0.2) is 0 Å². The lowest BCUT2D eigenvalue weighted by Crippen LogP contribution is -2.46. The molecule has 2 rings (SSSR count). The van der Waals surface area contributed by atoms with Gasteiger partial charge in [0.05, 0.1) is 0 Å². The summed E-state index contributed by atoms with van der Waals surface area (Å²) in [6.07, 6.45) is 3.65. The van der Waals surface area contributed by atoms with Gasteiger partial charge in [0.2, 0.25) is 0 Å². The number of benzene rings is 1. The highest BCUT2D eigenvalue weighted by atomic mass is 15.2. The van der Waals surface area contributed by atoms with E-state index in [0.717, 1.165) is 6.54 Å². The number of nitrogens with one attached hydrogen (secondary N) is 1. The Bertz CT molecular complexity index is 415. The van der Waals surface area contributed by atoms with Gasteiger partial charge in [-0.2, -0.15) is 0 Å². The number of hydrogen-bond donors (Lipinski definition) is 1. The summed E-state index contributed by atoms with van der Waals surface area (Å²) in [5.74, 6) is 0. The van der Waals surface area contributed by atoms with Crippen LogP contribution in [-0.4, -0.2) is 56.6 Å². The Morgan fingerprint density at radius 3 is 2.52 bits per heavy atom. The van der Waals surface area contributed by atoms with Crippen molar-refractivity contribution in [2.45, 2.75) is 38.3 Å². The smallest absolute Gasteiger partial charge is 0.0488 e. The van der Waals surface area contributed by atoms with E-state index in [4.69, 9.17) is 0 Å². The molecule has 0 aliphatic carbocycles. The monoisotopic (exact) mass is 289 g/mol. The molecule has 3 nitrogen and oxygen atoms in total. The molecule has 0 saturated carbocycles. The van der Waals surface area contributed by atoms with Crippen molar-refractivity contribution in [1.82, 2.24) is 15.1 Å². The number of likely N-dealkylation sites (N-methyl/N-ethyl adjacent to an activating group) is 3. The third-order valence-corrected chi connectivity index (χ3v) is 4.69. The summed E-state index contributed by atoms with van der Waals surface area (Å²) < 4.78 is 0. The van der Waals surface area contributed by atoms with Gasteiger partial charge < -0.3 is 15.1 Å². The molecule has 2 unspecified atom stereocenters. The minimum Gasteiger partial charge on any atom is -0.312 e. The molecule has 0 aromatic heterocycles. The van der Waals surface area contributed by atoms with E-state index in [1.165, 1.54) is 43.5 Å². The minimum absolute atomic E-state index is 0.395. The first-order valence-corrected chi connectivity index (χ1v) is 8.30. The molecule has 21 heavy (non-hydrogen) atoms. The van der Waals surface area contributed by atoms with E-state index in [1.54, 1.807) is 0 Å². The second-order valence-electron chi connectivity index (χ2n) is 6.42. The summed E-state index contributed by atoms with van der Waals surface area (Å²) in [6.45, 7) is 5.74. The zero-order chi connectivity index (χ0) is 15.2. The van der Waals surface area contributed by atoms with Crippen molar-refractivity contribution in [3.8, 4) is 0 Å². The second-order valence-corrected chi connectivity index (χ2v) is 6.42. The fourth-order valence-corrected chi connectivity index (χ4v) is 3.43. The van der Waals surface area contributed by atoms with Gasteiger partial charge in [-0.3, -0.25) is 0 Å². The highest BCUT2D eigenvalue weighted by Gasteiger charge is 2.28. The predicted molar refractivity (Wildman–Crippen MR) is 90.8 cm³/mol. The Labute approximate surface area is 130 Å². The molecule has 1 aromatic rings. The Morgan fingerprint density at radius 2 is 1.90 bits per heavy atom. The van der Waals surface area contributed by atoms with Crippen LogP contribution in [0.25, 0.3) is 0 Å². The van der Waals surface area contributed by atoms with E-state index in [0.29, 0.717) is 12.1 Å². The van der Waals surface area contributed by atoms with Crippen LogP contribution < -0.4 is 5.32 Å². The Balaban J connectivity index is 2.16. The zero-order valence-corrected chi connectivity index (χ0v) is 14.1. The largest absolute Gasteiger partial charge is 0.312 e. The molecule has 3 heteroatoms. The minimum atomic E-state index is 0.395. The van der Waals surface area contributed by atoms with Gasteiger partial charge >= 0.3 is 0 Å². The molecule has 1 aliphatic heterocycles. The molecule has 0 spiro atoms. The Morgan fingerprint density at radius 1 is 1.19 bits per heavy atom. The van der Waals surface area contributed by atoms with Crippen LogP contribution in [0.5, 0.6) is 0 Å². The lowest BCUT2D eigenvalue weighted by Gasteiger charge is -2.34. The van der Waals surface area contributed by atoms with Gasteiger partial charge in [-0.1, -0.05) is 37.6 Å². The van der Waals surface area contributed by atoms with Crippen molar-refractivity contribution >= 4 is 0 Å². The standard InChI is InChI=1S/C18H31N3/c1-5-7-15-8-10-16(11-9-15)18(19-2)17-14-20(3)12-6-13-21(17)4/h8-11,17-19H,5-7,12-14H2,1-4H3. The average Bonchev–Trinajstić information content (AvgIpc) is 2.64. The first kappa shape index (κ1) is 16.5. The lowest BCUT2D eigenvalue weighted by molar-refractivity contribution is 0.182. The van der Waals surface area contributed by atoms with E-state index >= 15 is 0 Å². The van der Waals surface area contributed by atoms with Crippen LogP contribution >= 0.6 is 0 Å². The summed E-state index contributed by atoms with van der Waals surface area (Å²) in [6, 6.07) is 10.1. The molecule has 1 heterocycles. The molecule has 0 amide bonds. The maximum atomic E-state index is 3.55. The summed E-state index contributed by atoms with van der Waals surface area (Å²) in [5.41, 5.74) is 2.85. The van der Waals surface area contributed by atoms with Crippen LogP contribution in [0, 0.1) is 0 Å². The molecular formula is C18H31N3. The third kappa shape index (κ3) is 4.29. The van der Waals surface area contributed by atoms with Gasteiger partial charge in [0.1, 0.15) is 0 Å². The van der Waals surface area contributed by atoms with E-state index in [-0.39, 0.29) is 0 Å². The summed E-state index contributed by atoms with van der Waals surface area (Å²) in [7, 11) is 6.59. The predicted octanol–water partition coefficient (Wildman–Crippen LogP) is 2.54. The van der Waals surface area contributed by atoms with Crippen molar-refractivity contribution in [3.63, 3.8) is 0 Å². The normalized spacial score (nSPS) is 23.0. The van der Waals surface area contributed by atoms with Crippen LogP contribution in [0.15, 0.2) is 24.3 Å². The van der Waals surface area contributed by atoms with E-state index < -0.39 is 0 Å². The van der Waals surface area contributed by atoms with Crippen LogP contribution in [-0.2, 0) is 6.42 Å². The van der Waals surface area contributed by atoms with Crippen molar-refractivity contribution < 1.29 is 0 Å². The molecule has 0 radical (unpaired) electrons. The molecule has 118 valence electrons. The lowest BCUT2D eigenvalue weighted by atomic mass is 9.96. The van der Waals surface area contributed by atoms with Crippen LogP contribution in [0.1, 0.15) is 36.9 Å². The molecule has 1 N–H and O–H groups in total. The number of hydrogen-bond acceptors (Lipinski definition) is 3. The van der Waals surface area contributed by atoms with Gasteiger partial charge in [0, 0.05) is 18.6 Å². The average molecular weight is 289 g/mol. The fourth-order valence-electron chi connectivity index (χ4n) is 3.43. The van der Waals surface area contributed by atoms with Crippen molar-refractivity contribution in [2.75, 3.05) is 40.8 Å². The quantitative estimate of drug-likeness (QED) is 0.898. The molecule has 1 saturated heterocycles. The first-order chi connectivity index (χ1) is 10.2. The summed E-state index contributed by atoms with van der Waals surface area (Å²) in [5, 5.41) is 3.55. The molecule has 1 fully saturated rings. The Kier molecular flexibility index (Phi) is 6.22. The Hall–Kier alpha value is -0.900. The third-order valence-electron chi connectivity index (χ3n) is 4.69. The highest BCUT2D eigenvalue weighted by molar-refractivity contribution is 5.26. The van der Waals surface area contributed by atoms with Gasteiger partial charge in [0.15, 0.2) is 0 Å². The van der Waals surface area contributed by atoms with Crippen LogP contribution in [0.3, 0.4) is 0 Å². The van der Waals surface area contributed by atoms with Gasteiger partial charge in [0.25, 0.3) is 0 Å².